The summed E-state index contributed by atoms with van der Waals surface area (Å²) in [5.41, 5.74) is 2.87. The first-order valence-electron chi connectivity index (χ1n) is 8.54. The first-order chi connectivity index (χ1) is 12.1. The van der Waals surface area contributed by atoms with Crippen LogP contribution in [0.1, 0.15) is 35.0 Å². The van der Waals surface area contributed by atoms with Gasteiger partial charge in [-0.15, -0.1) is 11.3 Å². The summed E-state index contributed by atoms with van der Waals surface area (Å²) >= 11 is 1.65. The Kier molecular flexibility index (Phi) is 4.31. The van der Waals surface area contributed by atoms with E-state index in [9.17, 15) is 9.90 Å². The van der Waals surface area contributed by atoms with E-state index in [0.29, 0.717) is 12.3 Å². The van der Waals surface area contributed by atoms with Crippen molar-refractivity contribution in [2.45, 2.75) is 38.3 Å². The Morgan fingerprint density at radius 3 is 3.00 bits per heavy atom. The Balaban J connectivity index is 1.50. The van der Waals surface area contributed by atoms with Crippen molar-refractivity contribution in [2.75, 3.05) is 0 Å². The van der Waals surface area contributed by atoms with Gasteiger partial charge < -0.3 is 14.8 Å². The lowest BCUT2D eigenvalue weighted by Crippen LogP contribution is -2.41. The monoisotopic (exact) mass is 355 g/mol. The second kappa shape index (κ2) is 6.61. The van der Waals surface area contributed by atoms with E-state index in [-0.39, 0.29) is 18.1 Å². The van der Waals surface area contributed by atoms with E-state index >= 15 is 0 Å². The number of rotatable bonds is 5. The van der Waals surface area contributed by atoms with Gasteiger partial charge in [-0.2, -0.15) is 0 Å². The highest BCUT2D eigenvalue weighted by Gasteiger charge is 2.36. The van der Waals surface area contributed by atoms with Crippen LogP contribution in [0.15, 0.2) is 42.0 Å². The topological polar surface area (TPSA) is 66.6 Å². The maximum Gasteiger partial charge on any atom is 0.226 e. The molecule has 1 aliphatic carbocycles. The molecule has 6 heteroatoms. The van der Waals surface area contributed by atoms with Crippen molar-refractivity contribution in [1.29, 1.82) is 0 Å². The smallest absolute Gasteiger partial charge is 0.226 e. The van der Waals surface area contributed by atoms with Crippen molar-refractivity contribution in [3.63, 3.8) is 0 Å². The molecule has 0 spiro atoms. The van der Waals surface area contributed by atoms with Crippen molar-refractivity contribution < 1.29 is 9.90 Å². The highest BCUT2D eigenvalue weighted by atomic mass is 32.1. The second-order valence-corrected chi connectivity index (χ2v) is 7.74. The lowest BCUT2D eigenvalue weighted by atomic mass is 9.76. The minimum absolute atomic E-state index is 0.0110. The van der Waals surface area contributed by atoms with E-state index in [1.165, 1.54) is 0 Å². The number of carbonyl (C=O) groups excluding carboxylic acids is 1. The largest absolute Gasteiger partial charge is 0.393 e. The van der Waals surface area contributed by atoms with Crippen LogP contribution < -0.4 is 5.32 Å². The lowest BCUT2D eigenvalue weighted by molar-refractivity contribution is -0.122. The number of aliphatic hydroxyl groups is 1. The van der Waals surface area contributed by atoms with Crippen LogP contribution in [0.25, 0.3) is 5.65 Å². The predicted molar refractivity (Wildman–Crippen MR) is 97.6 cm³/mol. The molecular formula is C19H21N3O2S. The number of hydrogen-bond donors (Lipinski definition) is 2. The molecule has 0 aliphatic heterocycles. The summed E-state index contributed by atoms with van der Waals surface area (Å²) in [6.45, 7) is 2.01. The van der Waals surface area contributed by atoms with Crippen molar-refractivity contribution in [1.82, 2.24) is 14.7 Å². The third-order valence-electron chi connectivity index (χ3n) is 4.94. The van der Waals surface area contributed by atoms with Crippen LogP contribution in [0.2, 0.25) is 0 Å². The average Bonchev–Trinajstić information content (AvgIpc) is 3.21. The molecule has 0 radical (unpaired) electrons. The molecule has 1 saturated carbocycles. The molecule has 3 aromatic heterocycles. The Morgan fingerprint density at radius 1 is 1.44 bits per heavy atom. The highest BCUT2D eigenvalue weighted by molar-refractivity contribution is 7.10. The number of aryl methyl sites for hydroxylation is 1. The molecule has 4 rings (SSSR count). The number of fused-ring (bicyclic) bond motifs is 1. The number of amides is 1. The number of hydrogen-bond acceptors (Lipinski definition) is 4. The van der Waals surface area contributed by atoms with Crippen LogP contribution in [0.5, 0.6) is 0 Å². The van der Waals surface area contributed by atoms with Crippen LogP contribution in [-0.2, 0) is 11.2 Å². The number of nitrogens with one attached hydrogen (secondary N) is 1. The fraction of sp³-hybridized carbons (Fsp3) is 0.368. The van der Waals surface area contributed by atoms with E-state index in [2.05, 4.69) is 16.4 Å². The van der Waals surface area contributed by atoms with Gasteiger partial charge in [0.15, 0.2) is 0 Å². The second-order valence-electron chi connectivity index (χ2n) is 6.76. The zero-order valence-electron chi connectivity index (χ0n) is 14.1. The fourth-order valence-electron chi connectivity index (χ4n) is 3.51. The molecule has 1 aliphatic rings. The summed E-state index contributed by atoms with van der Waals surface area (Å²) in [7, 11) is 0. The minimum atomic E-state index is -0.230. The molecule has 130 valence electrons. The Hall–Kier alpha value is -2.18. The van der Waals surface area contributed by atoms with E-state index < -0.39 is 0 Å². The molecular weight excluding hydrogens is 334 g/mol. The van der Waals surface area contributed by atoms with E-state index in [1.807, 2.05) is 41.1 Å². The maximum atomic E-state index is 12.7. The molecule has 5 nitrogen and oxygen atoms in total. The van der Waals surface area contributed by atoms with Crippen molar-refractivity contribution in [3.05, 3.63) is 58.2 Å². The number of nitrogens with zero attached hydrogens (tertiary/aromatic N) is 2. The zero-order chi connectivity index (χ0) is 17.4. The van der Waals surface area contributed by atoms with Gasteiger partial charge in [-0.05, 0) is 48.8 Å². The van der Waals surface area contributed by atoms with Gasteiger partial charge in [0, 0.05) is 17.3 Å². The number of carbonyl (C=O) groups is 1. The van der Waals surface area contributed by atoms with Gasteiger partial charge in [0.25, 0.3) is 0 Å². The Bertz CT molecular complexity index is 881. The molecule has 3 aromatic rings. The molecule has 0 saturated heterocycles. The summed E-state index contributed by atoms with van der Waals surface area (Å²) in [5, 5.41) is 14.8. The third kappa shape index (κ3) is 3.19. The van der Waals surface area contributed by atoms with Crippen LogP contribution >= 0.6 is 11.3 Å². The number of pyridine rings is 1. The van der Waals surface area contributed by atoms with Crippen LogP contribution in [0.4, 0.5) is 0 Å². The molecule has 0 aromatic carbocycles. The molecule has 1 amide bonds. The van der Waals surface area contributed by atoms with Gasteiger partial charge in [0.05, 0.1) is 24.3 Å². The number of aliphatic hydroxyl groups excluding tert-OH is 1. The molecule has 25 heavy (non-hydrogen) atoms. The van der Waals surface area contributed by atoms with Gasteiger partial charge in [-0.1, -0.05) is 12.1 Å². The number of aromatic nitrogens is 2. The molecule has 1 fully saturated rings. The van der Waals surface area contributed by atoms with E-state index in [0.717, 1.165) is 34.6 Å². The first kappa shape index (κ1) is 16.3. The fourth-order valence-corrected chi connectivity index (χ4v) is 4.38. The Morgan fingerprint density at radius 2 is 2.28 bits per heavy atom. The molecule has 2 N–H and O–H groups in total. The molecule has 0 unspecified atom stereocenters. The summed E-state index contributed by atoms with van der Waals surface area (Å²) in [4.78, 5) is 18.2. The van der Waals surface area contributed by atoms with Gasteiger partial charge in [-0.25, -0.2) is 4.98 Å². The van der Waals surface area contributed by atoms with Crippen molar-refractivity contribution in [3.8, 4) is 0 Å². The number of thiophene rings is 1. The standard InChI is InChI=1S/C19H21N3O2S/c1-12-4-2-6-22-14(11-20-19(12)22)10-17(24)21-18(13-8-15(23)9-13)16-5-3-7-25-16/h2-7,11,13,15,18,23H,8-10H2,1H3,(H,21,24)/t13?,15?,18-/m1/s1. The quantitative estimate of drug-likeness (QED) is 0.739. The van der Waals surface area contributed by atoms with Gasteiger partial charge in [0.2, 0.25) is 5.91 Å². The number of imidazole rings is 1. The molecule has 0 bridgehead atoms. The highest BCUT2D eigenvalue weighted by Crippen LogP contribution is 2.39. The van der Waals surface area contributed by atoms with Gasteiger partial charge >= 0.3 is 0 Å². The summed E-state index contributed by atoms with van der Waals surface area (Å²) in [5.74, 6) is 0.296. The lowest BCUT2D eigenvalue weighted by Gasteiger charge is -2.37. The third-order valence-corrected chi connectivity index (χ3v) is 5.89. The average molecular weight is 355 g/mol. The van der Waals surface area contributed by atoms with Crippen molar-refractivity contribution >= 4 is 22.9 Å². The maximum absolute atomic E-state index is 12.7. The van der Waals surface area contributed by atoms with E-state index in [4.69, 9.17) is 0 Å². The molecule has 1 atom stereocenters. The minimum Gasteiger partial charge on any atom is -0.393 e. The first-order valence-corrected chi connectivity index (χ1v) is 9.42. The van der Waals surface area contributed by atoms with Crippen LogP contribution in [0, 0.1) is 12.8 Å². The zero-order valence-corrected chi connectivity index (χ0v) is 14.9. The van der Waals surface area contributed by atoms with Crippen LogP contribution in [-0.4, -0.2) is 26.5 Å². The predicted octanol–water partition coefficient (Wildman–Crippen LogP) is 2.88. The van der Waals surface area contributed by atoms with Gasteiger partial charge in [0.1, 0.15) is 5.65 Å². The normalized spacial score (nSPS) is 21.0. The van der Waals surface area contributed by atoms with Gasteiger partial charge in [-0.3, -0.25) is 4.79 Å². The molecule has 3 heterocycles. The Labute approximate surface area is 150 Å². The van der Waals surface area contributed by atoms with Crippen LogP contribution in [0.3, 0.4) is 0 Å². The summed E-state index contributed by atoms with van der Waals surface area (Å²) < 4.78 is 1.97. The van der Waals surface area contributed by atoms with Crippen molar-refractivity contribution in [2.24, 2.45) is 5.92 Å². The summed E-state index contributed by atoms with van der Waals surface area (Å²) in [6.07, 6.45) is 5.27. The summed E-state index contributed by atoms with van der Waals surface area (Å²) in [6, 6.07) is 8.02. The SMILES string of the molecule is Cc1cccn2c(CC(=O)N[C@@H](c3cccs3)C3CC(O)C3)cnc12. The van der Waals surface area contributed by atoms with E-state index in [1.54, 1.807) is 17.5 Å².